The maximum absolute atomic E-state index is 12.1. The summed E-state index contributed by atoms with van der Waals surface area (Å²) in [5.74, 6) is -0.144. The van der Waals surface area contributed by atoms with Crippen LogP contribution >= 0.6 is 11.8 Å². The van der Waals surface area contributed by atoms with Crippen molar-refractivity contribution >= 4 is 23.6 Å². The molecule has 192 valence electrons. The molecule has 0 saturated carbocycles. The second kappa shape index (κ2) is 13.1. The Bertz CT molecular complexity index is 873. The lowest BCUT2D eigenvalue weighted by atomic mass is 10.2. The number of rotatable bonds is 12. The van der Waals surface area contributed by atoms with Crippen molar-refractivity contribution in [1.29, 1.82) is 0 Å². The van der Waals surface area contributed by atoms with Gasteiger partial charge in [-0.3, -0.25) is 9.59 Å². The molecule has 0 radical (unpaired) electrons. The maximum atomic E-state index is 12.1. The lowest BCUT2D eigenvalue weighted by Crippen LogP contribution is -2.25. The number of alkyl halides is 6. The van der Waals surface area contributed by atoms with E-state index in [2.05, 4.69) is 20.1 Å². The molecule has 0 atom stereocenters. The average Bonchev–Trinajstić information content (AvgIpc) is 2.76. The van der Waals surface area contributed by atoms with E-state index in [1.54, 1.807) is 11.8 Å². The van der Waals surface area contributed by atoms with Gasteiger partial charge in [0.15, 0.2) is 0 Å². The number of hydrogen-bond donors (Lipinski definition) is 2. The van der Waals surface area contributed by atoms with Crippen molar-refractivity contribution in [3.8, 4) is 11.5 Å². The zero-order chi connectivity index (χ0) is 25.9. The highest BCUT2D eigenvalue weighted by atomic mass is 32.2. The normalized spacial score (nSPS) is 11.6. The lowest BCUT2D eigenvalue weighted by molar-refractivity contribution is -0.275. The SMILES string of the molecule is O=C(NCCCSCCCNC(=O)c1ccc(OC(F)(F)F)cc1)c1ccc(OC(F)(F)F)cc1. The molecule has 0 heterocycles. The predicted octanol–water partition coefficient (Wildman–Crippen LogP) is 5.16. The smallest absolute Gasteiger partial charge is 0.406 e. The first kappa shape index (κ1) is 28.1. The number of halogens is 6. The molecule has 0 aliphatic heterocycles. The fourth-order valence-electron chi connectivity index (χ4n) is 2.67. The van der Waals surface area contributed by atoms with Crippen LogP contribution in [0, 0.1) is 0 Å². The summed E-state index contributed by atoms with van der Waals surface area (Å²) in [4.78, 5) is 24.0. The second-order valence-electron chi connectivity index (χ2n) is 6.98. The summed E-state index contributed by atoms with van der Waals surface area (Å²) >= 11 is 1.61. The van der Waals surface area contributed by atoms with Gasteiger partial charge in [-0.05, 0) is 72.9 Å². The molecule has 0 spiro atoms. The van der Waals surface area contributed by atoms with Gasteiger partial charge in [-0.1, -0.05) is 0 Å². The van der Waals surface area contributed by atoms with Crippen molar-refractivity contribution in [2.45, 2.75) is 25.6 Å². The van der Waals surface area contributed by atoms with E-state index in [0.717, 1.165) is 35.8 Å². The quantitative estimate of drug-likeness (QED) is 0.297. The fourth-order valence-corrected chi connectivity index (χ4v) is 3.58. The van der Waals surface area contributed by atoms with E-state index in [1.165, 1.54) is 24.3 Å². The fraction of sp³-hybridized carbons (Fsp3) is 0.364. The first-order valence-electron chi connectivity index (χ1n) is 10.3. The third-order valence-corrected chi connectivity index (χ3v) is 5.36. The van der Waals surface area contributed by atoms with Crippen LogP contribution in [0.4, 0.5) is 26.3 Å². The summed E-state index contributed by atoms with van der Waals surface area (Å²) in [7, 11) is 0. The lowest BCUT2D eigenvalue weighted by Gasteiger charge is -2.10. The van der Waals surface area contributed by atoms with E-state index in [0.29, 0.717) is 25.9 Å². The number of nitrogens with one attached hydrogen (secondary N) is 2. The van der Waals surface area contributed by atoms with Crippen molar-refractivity contribution < 1.29 is 45.4 Å². The summed E-state index contributed by atoms with van der Waals surface area (Å²) in [6.45, 7) is 0.773. The minimum Gasteiger partial charge on any atom is -0.406 e. The van der Waals surface area contributed by atoms with Gasteiger partial charge < -0.3 is 20.1 Å². The van der Waals surface area contributed by atoms with E-state index < -0.39 is 36.0 Å². The van der Waals surface area contributed by atoms with Gasteiger partial charge in [0.1, 0.15) is 11.5 Å². The molecule has 0 saturated heterocycles. The highest BCUT2D eigenvalue weighted by molar-refractivity contribution is 7.99. The number of ether oxygens (including phenoxy) is 2. The molecule has 6 nitrogen and oxygen atoms in total. The van der Waals surface area contributed by atoms with Crippen molar-refractivity contribution in [3.05, 3.63) is 59.7 Å². The molecule has 2 N–H and O–H groups in total. The predicted molar refractivity (Wildman–Crippen MR) is 117 cm³/mol. The summed E-state index contributed by atoms with van der Waals surface area (Å²) in [5, 5.41) is 5.35. The van der Waals surface area contributed by atoms with Gasteiger partial charge in [0, 0.05) is 24.2 Å². The number of carbonyl (C=O) groups excluding carboxylic acids is 2. The molecule has 0 aliphatic rings. The van der Waals surface area contributed by atoms with Gasteiger partial charge in [0.25, 0.3) is 11.8 Å². The van der Waals surface area contributed by atoms with Crippen molar-refractivity contribution in [2.24, 2.45) is 0 Å². The molecule has 0 aromatic heterocycles. The summed E-state index contributed by atoms with van der Waals surface area (Å²) in [5.41, 5.74) is 0.427. The first-order chi connectivity index (χ1) is 16.4. The van der Waals surface area contributed by atoms with E-state index >= 15 is 0 Å². The number of carbonyl (C=O) groups is 2. The Morgan fingerprint density at radius 2 is 1.00 bits per heavy atom. The molecule has 13 heteroatoms. The molecule has 2 aromatic rings. The topological polar surface area (TPSA) is 76.7 Å². The Kier molecular flexibility index (Phi) is 10.6. The zero-order valence-electron chi connectivity index (χ0n) is 18.2. The minimum absolute atomic E-state index is 0.213. The minimum atomic E-state index is -4.79. The standard InChI is InChI=1S/C22H22F6N2O4S/c23-21(24,25)33-17-7-3-15(4-8-17)19(31)29-11-1-13-35-14-2-12-30-20(32)16-5-9-18(10-6-16)34-22(26,27)28/h3-10H,1-2,11-14H2,(H,29,31)(H,30,32). The third-order valence-electron chi connectivity index (χ3n) is 4.20. The average molecular weight is 524 g/mol. The summed E-state index contributed by atoms with van der Waals surface area (Å²) < 4.78 is 80.3. The van der Waals surface area contributed by atoms with Gasteiger partial charge in [-0.25, -0.2) is 0 Å². The van der Waals surface area contributed by atoms with Crippen LogP contribution in [0.5, 0.6) is 11.5 Å². The Balaban J connectivity index is 1.53. The van der Waals surface area contributed by atoms with Crippen LogP contribution in [-0.4, -0.2) is 49.1 Å². The molecule has 0 bridgehead atoms. The van der Waals surface area contributed by atoms with Crippen LogP contribution in [0.25, 0.3) is 0 Å². The van der Waals surface area contributed by atoms with E-state index in [1.807, 2.05) is 0 Å². The molecular formula is C22H22F6N2O4S. The third kappa shape index (κ3) is 11.7. The molecule has 0 aliphatic carbocycles. The Morgan fingerprint density at radius 3 is 1.31 bits per heavy atom. The molecule has 0 fully saturated rings. The maximum Gasteiger partial charge on any atom is 0.573 e. The van der Waals surface area contributed by atoms with Crippen molar-refractivity contribution in [3.63, 3.8) is 0 Å². The van der Waals surface area contributed by atoms with Gasteiger partial charge in [-0.2, -0.15) is 11.8 Å². The highest BCUT2D eigenvalue weighted by Gasteiger charge is 2.31. The zero-order valence-corrected chi connectivity index (χ0v) is 19.0. The van der Waals surface area contributed by atoms with Gasteiger partial charge in [0.05, 0.1) is 0 Å². The number of hydrogen-bond acceptors (Lipinski definition) is 5. The van der Waals surface area contributed by atoms with Crippen LogP contribution < -0.4 is 20.1 Å². The van der Waals surface area contributed by atoms with Crippen LogP contribution in [0.1, 0.15) is 33.6 Å². The number of amides is 2. The van der Waals surface area contributed by atoms with Gasteiger partial charge in [0.2, 0.25) is 0 Å². The monoisotopic (exact) mass is 524 g/mol. The number of benzene rings is 2. The summed E-state index contributed by atoms with van der Waals surface area (Å²) in [6.07, 6.45) is -8.25. The Labute approximate surface area is 201 Å². The second-order valence-corrected chi connectivity index (χ2v) is 8.20. The number of thioether (sulfide) groups is 1. The molecule has 35 heavy (non-hydrogen) atoms. The van der Waals surface area contributed by atoms with E-state index in [9.17, 15) is 35.9 Å². The Hall–Kier alpha value is -3.09. The van der Waals surface area contributed by atoms with Gasteiger partial charge >= 0.3 is 12.7 Å². The molecule has 2 amide bonds. The van der Waals surface area contributed by atoms with Crippen LogP contribution in [0.15, 0.2) is 48.5 Å². The largest absolute Gasteiger partial charge is 0.573 e. The first-order valence-corrected chi connectivity index (χ1v) is 11.4. The summed E-state index contributed by atoms with van der Waals surface area (Å²) in [6, 6.07) is 9.22. The van der Waals surface area contributed by atoms with Crippen LogP contribution in [-0.2, 0) is 0 Å². The van der Waals surface area contributed by atoms with Crippen molar-refractivity contribution in [2.75, 3.05) is 24.6 Å². The molecule has 2 aromatic carbocycles. The Morgan fingerprint density at radius 1 is 0.657 bits per heavy atom. The highest BCUT2D eigenvalue weighted by Crippen LogP contribution is 2.23. The molecule has 2 rings (SSSR count). The van der Waals surface area contributed by atoms with E-state index in [4.69, 9.17) is 0 Å². The van der Waals surface area contributed by atoms with Crippen molar-refractivity contribution in [1.82, 2.24) is 10.6 Å². The van der Waals surface area contributed by atoms with E-state index in [-0.39, 0.29) is 11.1 Å². The molecular weight excluding hydrogens is 502 g/mol. The van der Waals surface area contributed by atoms with Gasteiger partial charge in [-0.15, -0.1) is 26.3 Å². The molecule has 0 unspecified atom stereocenters. The van der Waals surface area contributed by atoms with Crippen LogP contribution in [0.3, 0.4) is 0 Å². The van der Waals surface area contributed by atoms with Crippen LogP contribution in [0.2, 0.25) is 0 Å².